The Kier molecular flexibility index (Phi) is 7.75. The highest BCUT2D eigenvalue weighted by molar-refractivity contribution is 5.89. The van der Waals surface area contributed by atoms with Crippen molar-refractivity contribution in [2.45, 2.75) is 32.9 Å². The normalized spacial score (nSPS) is 11.6. The third-order valence-corrected chi connectivity index (χ3v) is 4.20. The van der Waals surface area contributed by atoms with Crippen LogP contribution in [0.3, 0.4) is 0 Å². The molecule has 0 fully saturated rings. The van der Waals surface area contributed by atoms with Crippen LogP contribution in [0.5, 0.6) is 0 Å². The highest BCUT2D eigenvalue weighted by atomic mass is 16.5. The SMILES string of the molecule is COC(=O)c1ccc(COC(=O)[C@@H](NC(=O)Cc2ccccc2)C(C)C)cc1. The molecule has 0 aliphatic carbocycles. The summed E-state index contributed by atoms with van der Waals surface area (Å²) >= 11 is 0. The van der Waals surface area contributed by atoms with E-state index in [2.05, 4.69) is 10.1 Å². The molecule has 148 valence electrons. The molecule has 2 aromatic carbocycles. The predicted octanol–water partition coefficient (Wildman–Crippen LogP) is 2.90. The molecule has 0 aliphatic heterocycles. The van der Waals surface area contributed by atoms with Crippen LogP contribution in [0.25, 0.3) is 0 Å². The molecular formula is C22H25NO5. The maximum absolute atomic E-state index is 12.5. The summed E-state index contributed by atoms with van der Waals surface area (Å²) in [6.07, 6.45) is 0.201. The fourth-order valence-electron chi connectivity index (χ4n) is 2.60. The van der Waals surface area contributed by atoms with Gasteiger partial charge in [-0.2, -0.15) is 0 Å². The van der Waals surface area contributed by atoms with Crippen LogP contribution in [0.1, 0.15) is 35.3 Å². The zero-order valence-electron chi connectivity index (χ0n) is 16.3. The van der Waals surface area contributed by atoms with Gasteiger partial charge in [-0.3, -0.25) is 4.79 Å². The number of carbonyl (C=O) groups excluding carboxylic acids is 3. The van der Waals surface area contributed by atoms with Crippen LogP contribution in [0.15, 0.2) is 54.6 Å². The molecule has 2 aromatic rings. The van der Waals surface area contributed by atoms with E-state index >= 15 is 0 Å². The standard InChI is InChI=1S/C22H25NO5/c1-15(2)20(23-19(24)13-16-7-5-4-6-8-16)22(26)28-14-17-9-11-18(12-10-17)21(25)27-3/h4-12,15,20H,13-14H2,1-3H3,(H,23,24)/t20-/m0/s1. The van der Waals surface area contributed by atoms with Crippen LogP contribution in [-0.4, -0.2) is 31.0 Å². The van der Waals surface area contributed by atoms with Crippen LogP contribution < -0.4 is 5.32 Å². The molecule has 28 heavy (non-hydrogen) atoms. The van der Waals surface area contributed by atoms with Crippen LogP contribution >= 0.6 is 0 Å². The van der Waals surface area contributed by atoms with E-state index < -0.39 is 18.0 Å². The molecule has 0 radical (unpaired) electrons. The summed E-state index contributed by atoms with van der Waals surface area (Å²) in [5.74, 6) is -1.27. The Bertz CT molecular complexity index is 799. The largest absolute Gasteiger partial charge is 0.465 e. The highest BCUT2D eigenvalue weighted by Crippen LogP contribution is 2.10. The maximum atomic E-state index is 12.5. The number of nitrogens with one attached hydrogen (secondary N) is 1. The number of benzene rings is 2. The smallest absolute Gasteiger partial charge is 0.337 e. The molecule has 0 saturated carbocycles. The Morgan fingerprint density at radius 3 is 2.14 bits per heavy atom. The van der Waals surface area contributed by atoms with E-state index in [4.69, 9.17) is 4.74 Å². The first kappa shape index (κ1) is 21.2. The summed E-state index contributed by atoms with van der Waals surface area (Å²) in [7, 11) is 1.32. The van der Waals surface area contributed by atoms with E-state index in [1.807, 2.05) is 44.2 Å². The minimum Gasteiger partial charge on any atom is -0.465 e. The fourth-order valence-corrected chi connectivity index (χ4v) is 2.60. The summed E-state index contributed by atoms with van der Waals surface area (Å²) in [5, 5.41) is 2.76. The molecule has 1 amide bonds. The minimum absolute atomic E-state index is 0.0536. The van der Waals surface area contributed by atoms with Gasteiger partial charge in [-0.05, 0) is 29.2 Å². The quantitative estimate of drug-likeness (QED) is 0.709. The van der Waals surface area contributed by atoms with Crippen LogP contribution in [0, 0.1) is 5.92 Å². The summed E-state index contributed by atoms with van der Waals surface area (Å²) in [6.45, 7) is 3.75. The topological polar surface area (TPSA) is 81.7 Å². The van der Waals surface area contributed by atoms with Gasteiger partial charge in [-0.15, -0.1) is 0 Å². The first-order valence-corrected chi connectivity index (χ1v) is 9.08. The molecule has 1 N–H and O–H groups in total. The number of esters is 2. The van der Waals surface area contributed by atoms with E-state index in [0.717, 1.165) is 11.1 Å². The van der Waals surface area contributed by atoms with Gasteiger partial charge in [0.15, 0.2) is 0 Å². The van der Waals surface area contributed by atoms with Crippen molar-refractivity contribution in [2.24, 2.45) is 5.92 Å². The molecule has 6 heteroatoms. The van der Waals surface area contributed by atoms with Crippen LogP contribution in [0.4, 0.5) is 0 Å². The van der Waals surface area contributed by atoms with Gasteiger partial charge in [0.05, 0.1) is 19.1 Å². The van der Waals surface area contributed by atoms with Crippen molar-refractivity contribution < 1.29 is 23.9 Å². The summed E-state index contributed by atoms with van der Waals surface area (Å²) in [5.41, 5.74) is 2.03. The molecule has 6 nitrogen and oxygen atoms in total. The molecule has 0 unspecified atom stereocenters. The Morgan fingerprint density at radius 1 is 0.929 bits per heavy atom. The van der Waals surface area contributed by atoms with E-state index in [1.54, 1.807) is 24.3 Å². The van der Waals surface area contributed by atoms with Crippen LogP contribution in [0.2, 0.25) is 0 Å². The third kappa shape index (κ3) is 6.23. The van der Waals surface area contributed by atoms with Gasteiger partial charge < -0.3 is 14.8 Å². The molecule has 0 aromatic heterocycles. The zero-order valence-corrected chi connectivity index (χ0v) is 16.3. The lowest BCUT2D eigenvalue weighted by Crippen LogP contribution is -2.45. The van der Waals surface area contributed by atoms with Crippen molar-refractivity contribution in [3.8, 4) is 0 Å². The monoisotopic (exact) mass is 383 g/mol. The van der Waals surface area contributed by atoms with Crippen molar-refractivity contribution in [3.63, 3.8) is 0 Å². The second kappa shape index (κ2) is 10.3. The van der Waals surface area contributed by atoms with E-state index in [0.29, 0.717) is 5.56 Å². The molecule has 0 saturated heterocycles. The first-order valence-electron chi connectivity index (χ1n) is 9.08. The molecule has 1 atom stereocenters. The number of hydrogen-bond donors (Lipinski definition) is 1. The summed E-state index contributed by atoms with van der Waals surface area (Å²) in [6, 6.07) is 15.2. The number of hydrogen-bond acceptors (Lipinski definition) is 5. The fraction of sp³-hybridized carbons (Fsp3) is 0.318. The van der Waals surface area contributed by atoms with E-state index in [1.165, 1.54) is 7.11 Å². The zero-order chi connectivity index (χ0) is 20.5. The lowest BCUT2D eigenvalue weighted by atomic mass is 10.0. The first-order chi connectivity index (χ1) is 13.4. The number of ether oxygens (including phenoxy) is 2. The number of rotatable bonds is 8. The van der Waals surface area contributed by atoms with Crippen molar-refractivity contribution in [1.82, 2.24) is 5.32 Å². The van der Waals surface area contributed by atoms with Gasteiger partial charge in [0.2, 0.25) is 5.91 Å². The molecule has 0 aliphatic rings. The molecular weight excluding hydrogens is 358 g/mol. The molecule has 2 rings (SSSR count). The molecule has 0 heterocycles. The van der Waals surface area contributed by atoms with Crippen molar-refractivity contribution in [1.29, 1.82) is 0 Å². The number of carbonyl (C=O) groups is 3. The minimum atomic E-state index is -0.731. The van der Waals surface area contributed by atoms with Crippen LogP contribution in [-0.2, 0) is 32.1 Å². The van der Waals surface area contributed by atoms with Gasteiger partial charge in [0.1, 0.15) is 12.6 Å². The number of amides is 1. The summed E-state index contributed by atoms with van der Waals surface area (Å²) in [4.78, 5) is 36.2. The Balaban J connectivity index is 1.91. The Hall–Kier alpha value is -3.15. The molecule has 0 bridgehead atoms. The second-order valence-corrected chi connectivity index (χ2v) is 6.75. The van der Waals surface area contributed by atoms with Crippen molar-refractivity contribution >= 4 is 17.8 Å². The average molecular weight is 383 g/mol. The van der Waals surface area contributed by atoms with E-state index in [9.17, 15) is 14.4 Å². The lowest BCUT2D eigenvalue weighted by Gasteiger charge is -2.21. The Morgan fingerprint density at radius 2 is 1.57 bits per heavy atom. The second-order valence-electron chi connectivity index (χ2n) is 6.75. The maximum Gasteiger partial charge on any atom is 0.337 e. The number of methoxy groups -OCH3 is 1. The third-order valence-electron chi connectivity index (χ3n) is 4.20. The average Bonchev–Trinajstić information content (AvgIpc) is 2.70. The predicted molar refractivity (Wildman–Crippen MR) is 104 cm³/mol. The van der Waals surface area contributed by atoms with Crippen molar-refractivity contribution in [3.05, 3.63) is 71.3 Å². The van der Waals surface area contributed by atoms with E-state index in [-0.39, 0.29) is 24.9 Å². The van der Waals surface area contributed by atoms with Gasteiger partial charge >= 0.3 is 11.9 Å². The van der Waals surface area contributed by atoms with Gasteiger partial charge in [0.25, 0.3) is 0 Å². The van der Waals surface area contributed by atoms with Gasteiger partial charge in [0, 0.05) is 0 Å². The van der Waals surface area contributed by atoms with Gasteiger partial charge in [-0.1, -0.05) is 56.3 Å². The van der Waals surface area contributed by atoms with Crippen molar-refractivity contribution in [2.75, 3.05) is 7.11 Å². The Labute approximate surface area is 164 Å². The highest BCUT2D eigenvalue weighted by Gasteiger charge is 2.25. The lowest BCUT2D eigenvalue weighted by molar-refractivity contribution is -0.150. The summed E-state index contributed by atoms with van der Waals surface area (Å²) < 4.78 is 10.0. The van der Waals surface area contributed by atoms with Gasteiger partial charge in [-0.25, -0.2) is 9.59 Å². The molecule has 0 spiro atoms.